The second-order valence-electron chi connectivity index (χ2n) is 7.39. The van der Waals surface area contributed by atoms with E-state index in [1.54, 1.807) is 17.7 Å². The Kier molecular flexibility index (Phi) is 5.30. The summed E-state index contributed by atoms with van der Waals surface area (Å²) in [7, 11) is 1.72. The van der Waals surface area contributed by atoms with E-state index in [2.05, 4.69) is 20.1 Å². The monoisotopic (exact) mass is 442 g/mol. The zero-order valence-electron chi connectivity index (χ0n) is 17.3. The molecule has 4 aromatic rings. The van der Waals surface area contributed by atoms with Gasteiger partial charge in [0.05, 0.1) is 23.1 Å². The third kappa shape index (κ3) is 3.99. The highest BCUT2D eigenvalue weighted by Crippen LogP contribution is 2.39. The van der Waals surface area contributed by atoms with Crippen molar-refractivity contribution in [3.05, 3.63) is 53.6 Å². The highest BCUT2D eigenvalue weighted by molar-refractivity contribution is 5.84. The van der Waals surface area contributed by atoms with E-state index in [4.69, 9.17) is 9.26 Å². The maximum atomic E-state index is 13.8. The first-order valence-corrected chi connectivity index (χ1v) is 9.56. The highest BCUT2D eigenvalue weighted by atomic mass is 19.4. The van der Waals surface area contributed by atoms with Crippen LogP contribution in [0.3, 0.4) is 0 Å². The summed E-state index contributed by atoms with van der Waals surface area (Å²) in [5, 5.41) is 13.1. The number of nitriles is 1. The van der Waals surface area contributed by atoms with Gasteiger partial charge in [-0.2, -0.15) is 23.4 Å². The minimum absolute atomic E-state index is 0.0140. The molecular weight excluding hydrogens is 425 g/mol. The molecule has 0 fully saturated rings. The van der Waals surface area contributed by atoms with E-state index < -0.39 is 11.7 Å². The summed E-state index contributed by atoms with van der Waals surface area (Å²) in [4.78, 5) is 12.4. The van der Waals surface area contributed by atoms with E-state index in [1.807, 2.05) is 19.9 Å². The number of halogens is 3. The van der Waals surface area contributed by atoms with E-state index in [0.717, 1.165) is 6.07 Å². The molecule has 0 N–H and O–H groups in total. The molecule has 164 valence electrons. The standard InChI is InChI=1S/C21H17F3N6O2/c1-11(2)20-28-18(32-29-20)9-31-17-5-4-12(6-13(17)21(22,23)24)14-7-16-19(15(8-25)27-14)26-10-30(16)3/h4-7,10-11H,9H2,1-3H3. The Labute approximate surface area is 180 Å². The quantitative estimate of drug-likeness (QED) is 0.445. The summed E-state index contributed by atoms with van der Waals surface area (Å²) in [6.07, 6.45) is -3.17. The molecule has 3 aromatic heterocycles. The fourth-order valence-corrected chi connectivity index (χ4v) is 3.09. The average Bonchev–Trinajstić information content (AvgIpc) is 3.38. The summed E-state index contributed by atoms with van der Waals surface area (Å²) in [6.45, 7) is 3.43. The van der Waals surface area contributed by atoms with Gasteiger partial charge in [0.15, 0.2) is 18.1 Å². The topological polar surface area (TPSA) is 103 Å². The maximum absolute atomic E-state index is 13.8. The lowest BCUT2D eigenvalue weighted by atomic mass is 10.1. The smallest absolute Gasteiger partial charge is 0.419 e. The van der Waals surface area contributed by atoms with Gasteiger partial charge in [-0.05, 0) is 24.3 Å². The number of imidazole rings is 1. The Morgan fingerprint density at radius 2 is 2.00 bits per heavy atom. The van der Waals surface area contributed by atoms with Gasteiger partial charge in [0, 0.05) is 18.5 Å². The van der Waals surface area contributed by atoms with Crippen LogP contribution in [-0.4, -0.2) is 24.7 Å². The van der Waals surface area contributed by atoms with Crippen LogP contribution in [0.5, 0.6) is 5.75 Å². The molecule has 0 atom stereocenters. The number of ether oxygens (including phenoxy) is 1. The van der Waals surface area contributed by atoms with Crippen LogP contribution in [0, 0.1) is 11.3 Å². The first kappa shape index (κ1) is 21.3. The van der Waals surface area contributed by atoms with E-state index in [-0.39, 0.29) is 41.1 Å². The lowest BCUT2D eigenvalue weighted by Crippen LogP contribution is -2.09. The molecule has 3 heterocycles. The van der Waals surface area contributed by atoms with Gasteiger partial charge in [0.2, 0.25) is 0 Å². The van der Waals surface area contributed by atoms with Crippen LogP contribution in [0.25, 0.3) is 22.3 Å². The van der Waals surface area contributed by atoms with E-state index in [0.29, 0.717) is 16.9 Å². The molecule has 0 amide bonds. The van der Waals surface area contributed by atoms with Crippen molar-refractivity contribution in [3.8, 4) is 23.1 Å². The van der Waals surface area contributed by atoms with Crippen molar-refractivity contribution in [2.75, 3.05) is 0 Å². The van der Waals surface area contributed by atoms with E-state index >= 15 is 0 Å². The number of nitrogens with zero attached hydrogens (tertiary/aromatic N) is 6. The van der Waals surface area contributed by atoms with Crippen molar-refractivity contribution in [3.63, 3.8) is 0 Å². The number of hydrogen-bond donors (Lipinski definition) is 0. The fraction of sp³-hybridized carbons (Fsp3) is 0.286. The number of hydrogen-bond acceptors (Lipinski definition) is 7. The van der Waals surface area contributed by atoms with Crippen LogP contribution in [0.2, 0.25) is 0 Å². The number of rotatable bonds is 5. The third-order valence-corrected chi connectivity index (χ3v) is 4.75. The van der Waals surface area contributed by atoms with Gasteiger partial charge in [-0.3, -0.25) is 0 Å². The molecule has 0 aliphatic heterocycles. The van der Waals surface area contributed by atoms with Crippen LogP contribution in [0.1, 0.15) is 42.7 Å². The second kappa shape index (κ2) is 7.96. The molecule has 0 saturated heterocycles. The van der Waals surface area contributed by atoms with Crippen molar-refractivity contribution in [2.45, 2.75) is 32.5 Å². The lowest BCUT2D eigenvalue weighted by Gasteiger charge is -2.15. The largest absolute Gasteiger partial charge is 0.483 e. The van der Waals surface area contributed by atoms with Crippen LogP contribution < -0.4 is 4.74 Å². The predicted octanol–water partition coefficient (Wildman–Crippen LogP) is 4.61. The molecule has 32 heavy (non-hydrogen) atoms. The Balaban J connectivity index is 1.70. The van der Waals surface area contributed by atoms with Gasteiger partial charge < -0.3 is 13.8 Å². The second-order valence-corrected chi connectivity index (χ2v) is 7.39. The van der Waals surface area contributed by atoms with Gasteiger partial charge in [-0.15, -0.1) is 0 Å². The number of aryl methyl sites for hydroxylation is 1. The Morgan fingerprint density at radius 1 is 1.22 bits per heavy atom. The van der Waals surface area contributed by atoms with Crippen LogP contribution in [-0.2, 0) is 19.8 Å². The van der Waals surface area contributed by atoms with Crippen molar-refractivity contribution in [1.29, 1.82) is 5.26 Å². The summed E-state index contributed by atoms with van der Waals surface area (Å²) in [5.41, 5.74) is 0.415. The molecule has 11 heteroatoms. The van der Waals surface area contributed by atoms with Gasteiger partial charge in [-0.25, -0.2) is 9.97 Å². The molecular formula is C21H17F3N6O2. The number of aromatic nitrogens is 5. The Bertz CT molecular complexity index is 1330. The molecule has 0 radical (unpaired) electrons. The minimum Gasteiger partial charge on any atom is -0.483 e. The Hall–Kier alpha value is -3.94. The number of pyridine rings is 1. The van der Waals surface area contributed by atoms with Crippen LogP contribution in [0.15, 0.2) is 35.1 Å². The van der Waals surface area contributed by atoms with Crippen molar-refractivity contribution >= 4 is 11.0 Å². The Morgan fingerprint density at radius 3 is 2.66 bits per heavy atom. The first-order chi connectivity index (χ1) is 15.2. The fourth-order valence-electron chi connectivity index (χ4n) is 3.09. The molecule has 1 aromatic carbocycles. The molecule has 0 aliphatic rings. The molecule has 0 unspecified atom stereocenters. The zero-order valence-corrected chi connectivity index (χ0v) is 17.3. The summed E-state index contributed by atoms with van der Waals surface area (Å²) >= 11 is 0. The number of alkyl halides is 3. The van der Waals surface area contributed by atoms with Crippen molar-refractivity contribution < 1.29 is 22.4 Å². The normalized spacial score (nSPS) is 11.8. The molecule has 8 nitrogen and oxygen atoms in total. The minimum atomic E-state index is -4.68. The molecule has 0 spiro atoms. The third-order valence-electron chi connectivity index (χ3n) is 4.75. The predicted molar refractivity (Wildman–Crippen MR) is 106 cm³/mol. The van der Waals surface area contributed by atoms with E-state index in [1.165, 1.54) is 18.5 Å². The van der Waals surface area contributed by atoms with Crippen LogP contribution in [0.4, 0.5) is 13.2 Å². The van der Waals surface area contributed by atoms with Crippen LogP contribution >= 0.6 is 0 Å². The van der Waals surface area contributed by atoms with Crippen molar-refractivity contribution in [1.82, 2.24) is 24.7 Å². The van der Waals surface area contributed by atoms with Gasteiger partial charge in [0.1, 0.15) is 17.3 Å². The van der Waals surface area contributed by atoms with Gasteiger partial charge in [-0.1, -0.05) is 19.0 Å². The summed E-state index contributed by atoms with van der Waals surface area (Å²) in [5.74, 6) is 0.153. The zero-order chi connectivity index (χ0) is 23.0. The average molecular weight is 442 g/mol. The summed E-state index contributed by atoms with van der Waals surface area (Å²) < 4.78 is 53.4. The molecule has 4 rings (SSSR count). The van der Waals surface area contributed by atoms with E-state index in [9.17, 15) is 18.4 Å². The number of fused-ring (bicyclic) bond motifs is 1. The van der Waals surface area contributed by atoms with Gasteiger partial charge in [0.25, 0.3) is 5.89 Å². The SMILES string of the molecule is CC(C)c1noc(COc2ccc(-c3cc4c(ncn4C)c(C#N)n3)cc2C(F)(F)F)n1. The summed E-state index contributed by atoms with van der Waals surface area (Å²) in [6, 6.07) is 7.12. The molecule has 0 bridgehead atoms. The lowest BCUT2D eigenvalue weighted by molar-refractivity contribution is -0.139. The van der Waals surface area contributed by atoms with Gasteiger partial charge >= 0.3 is 6.18 Å². The highest BCUT2D eigenvalue weighted by Gasteiger charge is 2.35. The molecule has 0 aliphatic carbocycles. The first-order valence-electron chi connectivity index (χ1n) is 9.56. The maximum Gasteiger partial charge on any atom is 0.419 e. The molecule has 0 saturated carbocycles. The number of benzene rings is 1. The van der Waals surface area contributed by atoms with Crippen molar-refractivity contribution in [2.24, 2.45) is 7.05 Å².